The Hall–Kier alpha value is -2.44. The van der Waals surface area contributed by atoms with Gasteiger partial charge in [0.1, 0.15) is 11.6 Å². The van der Waals surface area contributed by atoms with Crippen molar-refractivity contribution in [2.75, 3.05) is 18.9 Å². The van der Waals surface area contributed by atoms with Crippen molar-refractivity contribution in [1.82, 2.24) is 9.88 Å². The SMILES string of the molecule is CNc1ncc(Cl)cc1C(=O)N(CCc1ccc(F)cc1)Cc1cc2c(s1)CC(C)(C)CC2. The van der Waals surface area contributed by atoms with Crippen molar-refractivity contribution in [1.29, 1.82) is 0 Å². The van der Waals surface area contributed by atoms with Gasteiger partial charge in [-0.05, 0) is 66.5 Å². The molecule has 0 unspecified atom stereocenters. The molecule has 1 aliphatic carbocycles. The van der Waals surface area contributed by atoms with Crippen LogP contribution in [-0.4, -0.2) is 29.4 Å². The summed E-state index contributed by atoms with van der Waals surface area (Å²) in [6.45, 7) is 5.67. The molecular weight excluding hydrogens is 457 g/mol. The molecule has 4 nitrogen and oxygen atoms in total. The van der Waals surface area contributed by atoms with E-state index in [0.29, 0.717) is 41.3 Å². The average Bonchev–Trinajstić information content (AvgIpc) is 3.17. The maximum atomic E-state index is 13.6. The Bertz CT molecular complexity index is 1140. The van der Waals surface area contributed by atoms with Gasteiger partial charge in [0, 0.05) is 29.5 Å². The summed E-state index contributed by atoms with van der Waals surface area (Å²) < 4.78 is 13.3. The molecule has 1 aromatic carbocycles. The van der Waals surface area contributed by atoms with Crippen molar-refractivity contribution >= 4 is 34.7 Å². The second-order valence-corrected chi connectivity index (χ2v) is 11.1. The third-order valence-corrected chi connectivity index (χ3v) is 7.57. The van der Waals surface area contributed by atoms with Crippen LogP contribution in [0.5, 0.6) is 0 Å². The summed E-state index contributed by atoms with van der Waals surface area (Å²) in [7, 11) is 1.74. The predicted octanol–water partition coefficient (Wildman–Crippen LogP) is 6.38. The predicted molar refractivity (Wildman–Crippen MR) is 134 cm³/mol. The molecule has 0 saturated carbocycles. The number of carbonyl (C=O) groups is 1. The molecule has 174 valence electrons. The lowest BCUT2D eigenvalue weighted by Crippen LogP contribution is -2.33. The van der Waals surface area contributed by atoms with Gasteiger partial charge in [0.25, 0.3) is 5.91 Å². The van der Waals surface area contributed by atoms with E-state index in [1.807, 2.05) is 16.2 Å². The lowest BCUT2D eigenvalue weighted by Gasteiger charge is -2.28. The smallest absolute Gasteiger partial charge is 0.257 e. The first-order chi connectivity index (χ1) is 15.7. The normalized spacial score (nSPS) is 14.6. The number of thiophene rings is 1. The van der Waals surface area contributed by atoms with E-state index in [9.17, 15) is 9.18 Å². The van der Waals surface area contributed by atoms with Crippen LogP contribution in [0.2, 0.25) is 5.02 Å². The summed E-state index contributed by atoms with van der Waals surface area (Å²) in [6.07, 6.45) is 5.52. The Labute approximate surface area is 203 Å². The van der Waals surface area contributed by atoms with E-state index in [1.165, 1.54) is 40.1 Å². The van der Waals surface area contributed by atoms with Gasteiger partial charge in [0.05, 0.1) is 17.1 Å². The van der Waals surface area contributed by atoms with Crippen molar-refractivity contribution in [3.8, 4) is 0 Å². The number of anilines is 1. The minimum Gasteiger partial charge on any atom is -0.372 e. The number of halogens is 2. The van der Waals surface area contributed by atoms with E-state index < -0.39 is 0 Å². The molecule has 33 heavy (non-hydrogen) atoms. The number of carbonyl (C=O) groups excluding carboxylic acids is 1. The lowest BCUT2D eigenvalue weighted by molar-refractivity contribution is 0.0747. The van der Waals surface area contributed by atoms with Crippen LogP contribution >= 0.6 is 22.9 Å². The van der Waals surface area contributed by atoms with Crippen LogP contribution in [0, 0.1) is 11.2 Å². The summed E-state index contributed by atoms with van der Waals surface area (Å²) in [6, 6.07) is 10.4. The standard InChI is InChI=1S/C26H29ClFN3OS/c1-26(2)10-8-18-12-21(33-23(18)14-26)16-31(11-9-17-4-6-20(28)7-5-17)25(32)22-13-19(27)15-30-24(22)29-3/h4-7,12-13,15H,8-11,14,16H2,1-3H3,(H,29,30). The highest BCUT2D eigenvalue weighted by Crippen LogP contribution is 2.39. The summed E-state index contributed by atoms with van der Waals surface area (Å²) in [5.74, 6) is 0.119. The number of hydrogen-bond donors (Lipinski definition) is 1. The minimum atomic E-state index is -0.262. The van der Waals surface area contributed by atoms with E-state index in [0.717, 1.165) is 18.4 Å². The molecule has 1 aliphatic rings. The number of fused-ring (bicyclic) bond motifs is 1. The number of hydrogen-bond acceptors (Lipinski definition) is 4. The number of pyridine rings is 1. The summed E-state index contributed by atoms with van der Waals surface area (Å²) in [5, 5.41) is 3.42. The van der Waals surface area contributed by atoms with Crippen LogP contribution in [0.3, 0.4) is 0 Å². The number of nitrogens with zero attached hydrogens (tertiary/aromatic N) is 2. The van der Waals surface area contributed by atoms with Gasteiger partial charge >= 0.3 is 0 Å². The van der Waals surface area contributed by atoms with E-state index >= 15 is 0 Å². The number of benzene rings is 1. The van der Waals surface area contributed by atoms with Crippen LogP contribution < -0.4 is 5.32 Å². The Balaban J connectivity index is 1.60. The molecule has 2 heterocycles. The first-order valence-electron chi connectivity index (χ1n) is 11.2. The molecule has 1 amide bonds. The monoisotopic (exact) mass is 485 g/mol. The molecule has 0 aliphatic heterocycles. The van der Waals surface area contributed by atoms with Crippen molar-refractivity contribution < 1.29 is 9.18 Å². The fourth-order valence-corrected chi connectivity index (χ4v) is 5.94. The maximum absolute atomic E-state index is 13.6. The van der Waals surface area contributed by atoms with Gasteiger partial charge in [-0.3, -0.25) is 4.79 Å². The maximum Gasteiger partial charge on any atom is 0.257 e. The second-order valence-electron chi connectivity index (χ2n) is 9.40. The average molecular weight is 486 g/mol. The van der Waals surface area contributed by atoms with Crippen molar-refractivity contribution in [3.63, 3.8) is 0 Å². The molecule has 0 radical (unpaired) electrons. The Morgan fingerprint density at radius 1 is 1.27 bits per heavy atom. The summed E-state index contributed by atoms with van der Waals surface area (Å²) in [5.41, 5.74) is 3.17. The first-order valence-corrected chi connectivity index (χ1v) is 12.4. The molecule has 0 spiro atoms. The second kappa shape index (κ2) is 9.82. The van der Waals surface area contributed by atoms with Crippen LogP contribution in [0.25, 0.3) is 0 Å². The van der Waals surface area contributed by atoms with Crippen molar-refractivity contribution in [3.05, 3.63) is 79.9 Å². The van der Waals surface area contributed by atoms with E-state index in [-0.39, 0.29) is 11.7 Å². The fraction of sp³-hybridized carbons (Fsp3) is 0.385. The molecule has 0 atom stereocenters. The zero-order valence-electron chi connectivity index (χ0n) is 19.3. The lowest BCUT2D eigenvalue weighted by atomic mass is 9.78. The van der Waals surface area contributed by atoms with Gasteiger partial charge in [0.2, 0.25) is 0 Å². The first kappa shape index (κ1) is 23.7. The van der Waals surface area contributed by atoms with Crippen LogP contribution in [0.1, 0.15) is 51.5 Å². The fourth-order valence-electron chi connectivity index (χ4n) is 4.29. The van der Waals surface area contributed by atoms with E-state index in [2.05, 4.69) is 30.2 Å². The Kier molecular flexibility index (Phi) is 7.05. The van der Waals surface area contributed by atoms with E-state index in [1.54, 1.807) is 25.2 Å². The topological polar surface area (TPSA) is 45.2 Å². The highest BCUT2D eigenvalue weighted by atomic mass is 35.5. The Morgan fingerprint density at radius 3 is 2.76 bits per heavy atom. The third-order valence-electron chi connectivity index (χ3n) is 6.20. The van der Waals surface area contributed by atoms with Crippen molar-refractivity contribution in [2.45, 2.75) is 46.1 Å². The molecule has 3 aromatic rings. The molecule has 0 fully saturated rings. The number of rotatable bonds is 7. The number of aryl methyl sites for hydroxylation is 1. The van der Waals surface area contributed by atoms with Gasteiger partial charge < -0.3 is 10.2 Å². The van der Waals surface area contributed by atoms with Gasteiger partial charge in [0.15, 0.2) is 0 Å². The minimum absolute atomic E-state index is 0.122. The van der Waals surface area contributed by atoms with Crippen molar-refractivity contribution in [2.24, 2.45) is 5.41 Å². The summed E-state index contributed by atoms with van der Waals surface area (Å²) in [4.78, 5) is 22.4. The highest BCUT2D eigenvalue weighted by molar-refractivity contribution is 7.12. The number of nitrogens with one attached hydrogen (secondary N) is 1. The van der Waals surface area contributed by atoms with Crippen LogP contribution in [-0.2, 0) is 25.8 Å². The quantitative estimate of drug-likeness (QED) is 0.422. The molecular formula is C26H29ClFN3OS. The number of amides is 1. The van der Waals surface area contributed by atoms with Gasteiger partial charge in [-0.15, -0.1) is 11.3 Å². The molecule has 4 rings (SSSR count). The highest BCUT2D eigenvalue weighted by Gasteiger charge is 2.28. The molecule has 0 bridgehead atoms. The van der Waals surface area contributed by atoms with Crippen LogP contribution in [0.4, 0.5) is 10.2 Å². The zero-order chi connectivity index (χ0) is 23.6. The molecule has 1 N–H and O–H groups in total. The summed E-state index contributed by atoms with van der Waals surface area (Å²) >= 11 is 7.99. The third kappa shape index (κ3) is 5.74. The zero-order valence-corrected chi connectivity index (χ0v) is 20.8. The molecule has 7 heteroatoms. The number of aromatic nitrogens is 1. The van der Waals surface area contributed by atoms with E-state index in [4.69, 9.17) is 11.6 Å². The van der Waals surface area contributed by atoms with Gasteiger partial charge in [-0.1, -0.05) is 37.6 Å². The molecule has 0 saturated heterocycles. The van der Waals surface area contributed by atoms with Gasteiger partial charge in [-0.25, -0.2) is 9.37 Å². The van der Waals surface area contributed by atoms with Crippen LogP contribution in [0.15, 0.2) is 42.6 Å². The Morgan fingerprint density at radius 2 is 2.03 bits per heavy atom. The molecule has 2 aromatic heterocycles. The largest absolute Gasteiger partial charge is 0.372 e. The van der Waals surface area contributed by atoms with Gasteiger partial charge in [-0.2, -0.15) is 0 Å².